The van der Waals surface area contributed by atoms with Crippen LogP contribution in [0, 0.1) is 18.7 Å². The lowest BCUT2D eigenvalue weighted by Gasteiger charge is -2.35. The van der Waals surface area contributed by atoms with Gasteiger partial charge in [0.1, 0.15) is 5.82 Å². The molecular formula is C39H46FN3O7. The number of anilines is 1. The van der Waals surface area contributed by atoms with E-state index in [2.05, 4.69) is 13.8 Å². The summed E-state index contributed by atoms with van der Waals surface area (Å²) < 4.78 is 31.3. The molecule has 2 amide bonds. The molecule has 1 saturated heterocycles. The molecule has 266 valence electrons. The number of carbonyl (C=O) groups excluding carboxylic acids is 2. The van der Waals surface area contributed by atoms with Crippen molar-refractivity contribution in [2.75, 3.05) is 38.4 Å². The van der Waals surface area contributed by atoms with Crippen LogP contribution >= 0.6 is 0 Å². The topological polar surface area (TPSA) is 109 Å². The first-order valence-corrected chi connectivity index (χ1v) is 17.5. The van der Waals surface area contributed by atoms with Crippen molar-refractivity contribution < 1.29 is 38.1 Å². The highest BCUT2D eigenvalue weighted by Crippen LogP contribution is 2.47. The Hall–Kier alpha value is -4.64. The van der Waals surface area contributed by atoms with Crippen molar-refractivity contribution in [3.8, 4) is 17.2 Å². The first kappa shape index (κ1) is 35.2. The van der Waals surface area contributed by atoms with Gasteiger partial charge in [0.15, 0.2) is 11.5 Å². The van der Waals surface area contributed by atoms with Gasteiger partial charge < -0.3 is 29.1 Å². The van der Waals surface area contributed by atoms with Gasteiger partial charge in [0.2, 0.25) is 18.4 Å². The van der Waals surface area contributed by atoms with Crippen molar-refractivity contribution in [3.05, 3.63) is 82.7 Å². The summed E-state index contributed by atoms with van der Waals surface area (Å²) in [5, 5.41) is 10.8. The van der Waals surface area contributed by atoms with Crippen molar-refractivity contribution >= 4 is 23.5 Å². The van der Waals surface area contributed by atoms with E-state index in [1.807, 2.05) is 29.2 Å². The number of rotatable bonds is 14. The van der Waals surface area contributed by atoms with Gasteiger partial charge >= 0.3 is 5.97 Å². The summed E-state index contributed by atoms with van der Waals surface area (Å²) in [5.74, 6) is -1.58. The zero-order valence-corrected chi connectivity index (χ0v) is 29.2. The molecule has 0 aromatic heterocycles. The fourth-order valence-corrected chi connectivity index (χ4v) is 7.99. The number of halogens is 1. The highest BCUT2D eigenvalue weighted by Gasteiger charge is 2.48. The molecule has 10 nitrogen and oxygen atoms in total. The molecule has 1 N–H and O–H groups in total. The van der Waals surface area contributed by atoms with E-state index in [-0.39, 0.29) is 43.6 Å². The van der Waals surface area contributed by atoms with Crippen LogP contribution in [0.3, 0.4) is 0 Å². The molecule has 1 fully saturated rings. The van der Waals surface area contributed by atoms with Gasteiger partial charge in [-0.1, -0.05) is 44.9 Å². The number of likely N-dealkylation sites (tertiary alicyclic amines) is 1. The van der Waals surface area contributed by atoms with E-state index in [1.165, 1.54) is 13.2 Å². The lowest BCUT2D eigenvalue weighted by Crippen LogP contribution is -2.48. The first-order chi connectivity index (χ1) is 24.1. The van der Waals surface area contributed by atoms with Crippen LogP contribution in [0.2, 0.25) is 0 Å². The van der Waals surface area contributed by atoms with Gasteiger partial charge in [0.25, 0.3) is 5.91 Å². The zero-order chi connectivity index (χ0) is 35.5. The average molecular weight is 688 g/mol. The van der Waals surface area contributed by atoms with Crippen molar-refractivity contribution in [1.29, 1.82) is 0 Å². The van der Waals surface area contributed by atoms with Gasteiger partial charge in [0, 0.05) is 48.9 Å². The molecule has 3 aromatic rings. The van der Waals surface area contributed by atoms with Crippen LogP contribution < -0.4 is 19.1 Å². The highest BCUT2D eigenvalue weighted by atomic mass is 19.1. The third-order valence-corrected chi connectivity index (χ3v) is 10.4. The number of benzene rings is 3. The standard InChI is InChI=1S/C39H46FN3O7/c1-5-9-27(10-6-2)43(28-13-14-31(40)24(3)17-28)35(44)22-42-21-30(26-18-33(48-4)37-34(19-26)49-23-50-37)36(39(46)47)32(42)15-16-41-20-25-11-7-8-12-29(25)38(41)45/h7-8,11-14,17-19,27,30,32,36H,5-6,9-10,15-16,20-23H2,1-4H3,(H,46,47). The summed E-state index contributed by atoms with van der Waals surface area (Å²) in [7, 11) is 1.53. The van der Waals surface area contributed by atoms with Crippen LogP contribution in [0.25, 0.3) is 0 Å². The summed E-state index contributed by atoms with van der Waals surface area (Å²) in [4.78, 5) is 46.6. The van der Waals surface area contributed by atoms with Gasteiger partial charge in [-0.15, -0.1) is 0 Å². The minimum atomic E-state index is -0.983. The summed E-state index contributed by atoms with van der Waals surface area (Å²) in [6.07, 6.45) is 3.62. The molecule has 11 heteroatoms. The lowest BCUT2D eigenvalue weighted by molar-refractivity contribution is -0.143. The van der Waals surface area contributed by atoms with Gasteiger partial charge in [-0.05, 0) is 79.3 Å². The average Bonchev–Trinajstić information content (AvgIpc) is 3.81. The summed E-state index contributed by atoms with van der Waals surface area (Å²) in [6.45, 7) is 6.91. The SMILES string of the molecule is CCCC(CCC)N(C(=O)CN1CC(c2cc(OC)c3c(c2)OCO3)C(C(=O)O)C1CCN1Cc2ccccc2C1=O)c1ccc(F)c(C)c1. The minimum Gasteiger partial charge on any atom is -0.493 e. The molecule has 6 rings (SSSR count). The van der Waals surface area contributed by atoms with E-state index in [9.17, 15) is 23.9 Å². The maximum atomic E-state index is 14.6. The Kier molecular flexibility index (Phi) is 10.6. The third-order valence-electron chi connectivity index (χ3n) is 10.4. The normalized spacial score (nSPS) is 19.7. The number of carbonyl (C=O) groups is 3. The van der Waals surface area contributed by atoms with E-state index in [0.29, 0.717) is 59.1 Å². The Morgan fingerprint density at radius 3 is 2.52 bits per heavy atom. The van der Waals surface area contributed by atoms with Crippen LogP contribution in [0.4, 0.5) is 10.1 Å². The Labute approximate surface area is 292 Å². The van der Waals surface area contributed by atoms with Gasteiger partial charge in [-0.25, -0.2) is 4.39 Å². The Bertz CT molecular complexity index is 1740. The Balaban J connectivity index is 1.35. The highest BCUT2D eigenvalue weighted by molar-refractivity contribution is 5.98. The second kappa shape index (κ2) is 15.1. The van der Waals surface area contributed by atoms with Crippen molar-refractivity contribution in [3.63, 3.8) is 0 Å². The number of aryl methyl sites for hydroxylation is 1. The van der Waals surface area contributed by atoms with Crippen molar-refractivity contribution in [2.45, 2.75) is 77.4 Å². The molecule has 3 unspecified atom stereocenters. The van der Waals surface area contributed by atoms with E-state index in [1.54, 1.807) is 41.0 Å². The zero-order valence-electron chi connectivity index (χ0n) is 29.2. The van der Waals surface area contributed by atoms with E-state index >= 15 is 0 Å². The molecule has 0 bridgehead atoms. The van der Waals surface area contributed by atoms with Crippen LogP contribution in [0.5, 0.6) is 17.2 Å². The number of hydrogen-bond acceptors (Lipinski definition) is 7. The summed E-state index contributed by atoms with van der Waals surface area (Å²) in [5.41, 5.74) is 3.39. The van der Waals surface area contributed by atoms with Gasteiger partial charge in [-0.2, -0.15) is 0 Å². The summed E-state index contributed by atoms with van der Waals surface area (Å²) >= 11 is 0. The molecule has 3 atom stereocenters. The Morgan fingerprint density at radius 1 is 1.08 bits per heavy atom. The molecule has 0 spiro atoms. The number of amides is 2. The molecular weight excluding hydrogens is 641 g/mol. The number of aliphatic carboxylic acids is 1. The number of methoxy groups -OCH3 is 1. The number of ether oxygens (including phenoxy) is 3. The second-order valence-corrected chi connectivity index (χ2v) is 13.5. The minimum absolute atomic E-state index is 0.0348. The van der Waals surface area contributed by atoms with Gasteiger partial charge in [-0.3, -0.25) is 19.3 Å². The van der Waals surface area contributed by atoms with E-state index in [4.69, 9.17) is 14.2 Å². The number of nitrogens with zero attached hydrogens (tertiary/aromatic N) is 3. The van der Waals surface area contributed by atoms with E-state index in [0.717, 1.165) is 31.2 Å². The Morgan fingerprint density at radius 2 is 1.84 bits per heavy atom. The third kappa shape index (κ3) is 6.88. The molecule has 3 aromatic carbocycles. The maximum Gasteiger partial charge on any atom is 0.308 e. The fraction of sp³-hybridized carbons (Fsp3) is 0.462. The molecule has 0 aliphatic carbocycles. The monoisotopic (exact) mass is 687 g/mol. The molecule has 3 aliphatic heterocycles. The molecule has 50 heavy (non-hydrogen) atoms. The van der Waals surface area contributed by atoms with E-state index < -0.39 is 23.8 Å². The first-order valence-electron chi connectivity index (χ1n) is 17.5. The second-order valence-electron chi connectivity index (χ2n) is 13.5. The summed E-state index contributed by atoms with van der Waals surface area (Å²) in [6, 6.07) is 15.2. The van der Waals surface area contributed by atoms with Crippen LogP contribution in [0.1, 0.15) is 78.9 Å². The fourth-order valence-electron chi connectivity index (χ4n) is 7.99. The molecule has 3 aliphatic rings. The number of hydrogen-bond donors (Lipinski definition) is 1. The quantitative estimate of drug-likeness (QED) is 0.208. The van der Waals surface area contributed by atoms with Gasteiger partial charge in [0.05, 0.1) is 19.6 Å². The number of carboxylic acids is 1. The number of carboxylic acid groups (broad SMARTS) is 1. The van der Waals surface area contributed by atoms with Crippen molar-refractivity contribution in [2.24, 2.45) is 5.92 Å². The maximum absolute atomic E-state index is 14.6. The van der Waals surface area contributed by atoms with Crippen LogP contribution in [-0.2, 0) is 16.1 Å². The predicted molar refractivity (Wildman–Crippen MR) is 186 cm³/mol. The van der Waals surface area contributed by atoms with Crippen LogP contribution in [0.15, 0.2) is 54.6 Å². The number of fused-ring (bicyclic) bond motifs is 2. The molecule has 0 radical (unpaired) electrons. The predicted octanol–water partition coefficient (Wildman–Crippen LogP) is 6.39. The van der Waals surface area contributed by atoms with Crippen molar-refractivity contribution in [1.82, 2.24) is 9.80 Å². The smallest absolute Gasteiger partial charge is 0.308 e. The molecule has 3 heterocycles. The lowest BCUT2D eigenvalue weighted by atomic mass is 9.84. The molecule has 0 saturated carbocycles. The largest absolute Gasteiger partial charge is 0.493 e. The van der Waals surface area contributed by atoms with Crippen LogP contribution in [-0.4, -0.2) is 78.3 Å².